The van der Waals surface area contributed by atoms with E-state index in [4.69, 9.17) is 0 Å². The third-order valence-electron chi connectivity index (χ3n) is 5.86. The second-order valence-electron chi connectivity index (χ2n) is 7.09. The zero-order chi connectivity index (χ0) is 16.8. The second kappa shape index (κ2) is 5.69. The Morgan fingerprint density at radius 1 is 1.04 bits per heavy atom. The fraction of sp³-hybridized carbons (Fsp3) is 0.350. The van der Waals surface area contributed by atoms with Gasteiger partial charge in [-0.3, -0.25) is 4.79 Å². The molecule has 2 aliphatic rings. The maximum absolute atomic E-state index is 13.3. The number of rotatable bonds is 2. The van der Waals surface area contributed by atoms with Gasteiger partial charge in [0.1, 0.15) is 5.52 Å². The standard InChI is InChI=1S/C20H20N4O/c25-20(16-12-22-24-19(16)10-5-11-21-24)23-13-17(14-6-2-1-3-7-14)15-8-4-9-18(15)23/h1-3,5-7,10-12,15,17-18H,4,8-9,13H2. The fourth-order valence-corrected chi connectivity index (χ4v) is 4.75. The topological polar surface area (TPSA) is 50.5 Å². The molecule has 1 aromatic carbocycles. The number of carbonyl (C=O) groups excluding carboxylic acids is 1. The minimum absolute atomic E-state index is 0.0957. The molecule has 0 spiro atoms. The van der Waals surface area contributed by atoms with Gasteiger partial charge in [0, 0.05) is 24.7 Å². The first kappa shape index (κ1) is 14.6. The van der Waals surface area contributed by atoms with E-state index >= 15 is 0 Å². The molecule has 1 saturated carbocycles. The zero-order valence-corrected chi connectivity index (χ0v) is 14.0. The lowest BCUT2D eigenvalue weighted by molar-refractivity contribution is 0.0730. The molecule has 25 heavy (non-hydrogen) atoms. The molecule has 3 atom stereocenters. The van der Waals surface area contributed by atoms with Crippen molar-refractivity contribution < 1.29 is 4.79 Å². The van der Waals surface area contributed by atoms with E-state index < -0.39 is 0 Å². The summed E-state index contributed by atoms with van der Waals surface area (Å²) in [5.41, 5.74) is 2.80. The Kier molecular flexibility index (Phi) is 3.33. The molecule has 5 rings (SSSR count). The van der Waals surface area contributed by atoms with E-state index in [9.17, 15) is 4.79 Å². The lowest BCUT2D eigenvalue weighted by Crippen LogP contribution is -2.35. The molecule has 0 bridgehead atoms. The summed E-state index contributed by atoms with van der Waals surface area (Å²) in [7, 11) is 0. The van der Waals surface area contributed by atoms with E-state index in [1.807, 2.05) is 12.1 Å². The molecule has 126 valence electrons. The SMILES string of the molecule is O=C(c1cnn2ncccc12)N1CC(c2ccccc2)C2CCCC21. The van der Waals surface area contributed by atoms with Gasteiger partial charge in [0.2, 0.25) is 0 Å². The molecular weight excluding hydrogens is 312 g/mol. The average Bonchev–Trinajstić information content (AvgIpc) is 3.36. The molecule has 5 heteroatoms. The molecule has 3 unspecified atom stereocenters. The van der Waals surface area contributed by atoms with Crippen LogP contribution in [-0.2, 0) is 0 Å². The predicted octanol–water partition coefficient (Wildman–Crippen LogP) is 3.14. The van der Waals surface area contributed by atoms with Crippen LogP contribution in [-0.4, -0.2) is 38.2 Å². The van der Waals surface area contributed by atoms with Crippen LogP contribution >= 0.6 is 0 Å². The number of benzene rings is 1. The summed E-state index contributed by atoms with van der Waals surface area (Å²) in [6, 6.07) is 14.8. The summed E-state index contributed by atoms with van der Waals surface area (Å²) in [6.07, 6.45) is 6.87. The van der Waals surface area contributed by atoms with Crippen molar-refractivity contribution >= 4 is 11.4 Å². The Labute approximate surface area is 146 Å². The van der Waals surface area contributed by atoms with Gasteiger partial charge in [-0.2, -0.15) is 14.8 Å². The van der Waals surface area contributed by atoms with Crippen LogP contribution in [0.25, 0.3) is 5.52 Å². The number of aromatic nitrogens is 3. The van der Waals surface area contributed by atoms with Crippen LogP contribution in [0.15, 0.2) is 54.9 Å². The highest BCUT2D eigenvalue weighted by Gasteiger charge is 2.47. The van der Waals surface area contributed by atoms with Gasteiger partial charge in [0.25, 0.3) is 5.91 Å². The van der Waals surface area contributed by atoms with E-state index in [0.29, 0.717) is 23.4 Å². The first-order chi connectivity index (χ1) is 12.3. The van der Waals surface area contributed by atoms with Crippen LogP contribution in [0, 0.1) is 5.92 Å². The lowest BCUT2D eigenvalue weighted by atomic mass is 9.87. The summed E-state index contributed by atoms with van der Waals surface area (Å²) in [5.74, 6) is 1.11. The molecule has 1 aliphatic carbocycles. The van der Waals surface area contributed by atoms with E-state index in [-0.39, 0.29) is 5.91 Å². The van der Waals surface area contributed by atoms with E-state index in [0.717, 1.165) is 18.5 Å². The molecule has 1 aliphatic heterocycles. The van der Waals surface area contributed by atoms with Crippen molar-refractivity contribution in [3.63, 3.8) is 0 Å². The normalized spacial score (nSPS) is 25.4. The molecule has 0 radical (unpaired) electrons. The Hall–Kier alpha value is -2.69. The third-order valence-corrected chi connectivity index (χ3v) is 5.86. The van der Waals surface area contributed by atoms with Gasteiger partial charge < -0.3 is 4.90 Å². The van der Waals surface area contributed by atoms with Crippen molar-refractivity contribution in [2.24, 2.45) is 5.92 Å². The molecule has 2 aromatic heterocycles. The number of likely N-dealkylation sites (tertiary alicyclic amines) is 1. The quantitative estimate of drug-likeness (QED) is 0.724. The van der Waals surface area contributed by atoms with Crippen LogP contribution in [0.3, 0.4) is 0 Å². The van der Waals surface area contributed by atoms with E-state index in [1.165, 1.54) is 23.0 Å². The van der Waals surface area contributed by atoms with Crippen molar-refractivity contribution in [1.82, 2.24) is 19.7 Å². The van der Waals surface area contributed by atoms with Crippen LogP contribution in [0.2, 0.25) is 0 Å². The number of hydrogen-bond acceptors (Lipinski definition) is 3. The van der Waals surface area contributed by atoms with Gasteiger partial charge in [-0.1, -0.05) is 36.8 Å². The molecule has 1 amide bonds. The van der Waals surface area contributed by atoms with Crippen LogP contribution in [0.5, 0.6) is 0 Å². The Bertz CT molecular complexity index is 920. The van der Waals surface area contributed by atoms with Gasteiger partial charge in [0.05, 0.1) is 11.8 Å². The van der Waals surface area contributed by atoms with Crippen molar-refractivity contribution in [1.29, 1.82) is 0 Å². The number of nitrogens with zero attached hydrogens (tertiary/aromatic N) is 4. The highest BCUT2D eigenvalue weighted by Crippen LogP contribution is 2.46. The number of carbonyl (C=O) groups is 1. The fourth-order valence-electron chi connectivity index (χ4n) is 4.75. The number of hydrogen-bond donors (Lipinski definition) is 0. The van der Waals surface area contributed by atoms with Crippen molar-refractivity contribution in [2.45, 2.75) is 31.2 Å². The van der Waals surface area contributed by atoms with Gasteiger partial charge in [-0.15, -0.1) is 0 Å². The largest absolute Gasteiger partial charge is 0.335 e. The van der Waals surface area contributed by atoms with E-state index in [1.54, 1.807) is 12.4 Å². The molecule has 2 fully saturated rings. The summed E-state index contributed by atoms with van der Waals surface area (Å²) in [4.78, 5) is 15.4. The summed E-state index contributed by atoms with van der Waals surface area (Å²) >= 11 is 0. The zero-order valence-electron chi connectivity index (χ0n) is 14.0. The highest BCUT2D eigenvalue weighted by molar-refractivity contribution is 6.00. The summed E-state index contributed by atoms with van der Waals surface area (Å²) in [6.45, 7) is 0.801. The van der Waals surface area contributed by atoms with Crippen LogP contribution < -0.4 is 0 Å². The lowest BCUT2D eigenvalue weighted by Gasteiger charge is -2.23. The van der Waals surface area contributed by atoms with E-state index in [2.05, 4.69) is 45.4 Å². The average molecular weight is 332 g/mol. The number of fused-ring (bicyclic) bond motifs is 2. The first-order valence-corrected chi connectivity index (χ1v) is 8.98. The molecule has 3 heterocycles. The predicted molar refractivity (Wildman–Crippen MR) is 94.3 cm³/mol. The Balaban J connectivity index is 1.50. The van der Waals surface area contributed by atoms with Crippen LogP contribution in [0.4, 0.5) is 0 Å². The smallest absolute Gasteiger partial charge is 0.258 e. The maximum atomic E-state index is 13.3. The summed E-state index contributed by atoms with van der Waals surface area (Å²) < 4.78 is 1.53. The van der Waals surface area contributed by atoms with Crippen molar-refractivity contribution in [2.75, 3.05) is 6.54 Å². The minimum atomic E-state index is 0.0957. The number of amides is 1. The minimum Gasteiger partial charge on any atom is -0.335 e. The van der Waals surface area contributed by atoms with Gasteiger partial charge >= 0.3 is 0 Å². The monoisotopic (exact) mass is 332 g/mol. The maximum Gasteiger partial charge on any atom is 0.258 e. The highest BCUT2D eigenvalue weighted by atomic mass is 16.2. The third kappa shape index (κ3) is 2.26. The van der Waals surface area contributed by atoms with Crippen molar-refractivity contribution in [3.05, 3.63) is 66.0 Å². The molecule has 0 N–H and O–H groups in total. The second-order valence-corrected chi connectivity index (χ2v) is 7.09. The molecule has 1 saturated heterocycles. The van der Waals surface area contributed by atoms with Gasteiger partial charge in [-0.05, 0) is 36.5 Å². The Morgan fingerprint density at radius 2 is 1.92 bits per heavy atom. The first-order valence-electron chi connectivity index (χ1n) is 8.98. The molecule has 5 nitrogen and oxygen atoms in total. The van der Waals surface area contributed by atoms with Gasteiger partial charge in [-0.25, -0.2) is 0 Å². The van der Waals surface area contributed by atoms with Gasteiger partial charge in [0.15, 0.2) is 0 Å². The van der Waals surface area contributed by atoms with Crippen LogP contribution in [0.1, 0.15) is 41.1 Å². The molecular formula is C20H20N4O. The van der Waals surface area contributed by atoms with Crippen molar-refractivity contribution in [3.8, 4) is 0 Å². The Morgan fingerprint density at radius 3 is 2.80 bits per heavy atom. The molecule has 3 aromatic rings. The summed E-state index contributed by atoms with van der Waals surface area (Å²) in [5, 5.41) is 8.41.